The second-order valence-electron chi connectivity index (χ2n) is 5.41. The minimum atomic E-state index is -1.21. The Kier molecular flexibility index (Phi) is 7.13. The molecule has 0 aliphatic carbocycles. The highest BCUT2D eigenvalue weighted by molar-refractivity contribution is 8.00. The van der Waals surface area contributed by atoms with Gasteiger partial charge in [0, 0.05) is 22.7 Å². The summed E-state index contributed by atoms with van der Waals surface area (Å²) in [6, 6.07) is 12.6. The number of hydrogen-bond donors (Lipinski definition) is 3. The molecule has 0 aliphatic heterocycles. The van der Waals surface area contributed by atoms with E-state index in [2.05, 4.69) is 10.6 Å². The number of benzene rings is 2. The van der Waals surface area contributed by atoms with Crippen molar-refractivity contribution >= 4 is 40.9 Å². The van der Waals surface area contributed by atoms with Crippen LogP contribution in [-0.2, 0) is 14.4 Å². The van der Waals surface area contributed by atoms with Gasteiger partial charge in [0.15, 0.2) is 0 Å². The van der Waals surface area contributed by atoms with E-state index in [1.807, 2.05) is 0 Å². The highest BCUT2D eigenvalue weighted by Gasteiger charge is 2.16. The van der Waals surface area contributed by atoms with Crippen LogP contribution in [0.5, 0.6) is 0 Å². The Labute approximate surface area is 159 Å². The lowest BCUT2D eigenvalue weighted by Crippen LogP contribution is -2.22. The molecule has 0 saturated heterocycles. The van der Waals surface area contributed by atoms with E-state index in [1.165, 1.54) is 23.9 Å². The number of nitrogens with one attached hydrogen (secondary N) is 2. The average Bonchev–Trinajstić information content (AvgIpc) is 2.63. The van der Waals surface area contributed by atoms with Gasteiger partial charge in [-0.15, -0.1) is 11.8 Å². The Morgan fingerprint density at radius 2 is 1.70 bits per heavy atom. The van der Waals surface area contributed by atoms with Gasteiger partial charge in [0.1, 0.15) is 5.82 Å². The normalized spacial score (nSPS) is 11.8. The molecule has 2 rings (SSSR count). The van der Waals surface area contributed by atoms with Crippen molar-refractivity contribution in [2.45, 2.75) is 17.1 Å². The highest BCUT2D eigenvalue weighted by atomic mass is 32.2. The fraction of sp³-hybridized carbons (Fsp3) is 0.105. The van der Waals surface area contributed by atoms with Crippen molar-refractivity contribution < 1.29 is 23.9 Å². The number of carboxylic acids is 1. The maximum atomic E-state index is 13.6. The standard InChI is InChI=1S/C19H17FN2O4S/c1-12(19(26)22-16-5-3-2-4-15(16)20)27-14-8-6-13(7-9-14)21-17(23)10-11-18(24)25/h2-12H,1H3,(H,21,23)(H,22,26)(H,24,25)/b11-10+. The highest BCUT2D eigenvalue weighted by Crippen LogP contribution is 2.26. The number of carbonyl (C=O) groups is 3. The molecule has 140 valence electrons. The maximum Gasteiger partial charge on any atom is 0.328 e. The van der Waals surface area contributed by atoms with E-state index >= 15 is 0 Å². The van der Waals surface area contributed by atoms with Gasteiger partial charge in [-0.05, 0) is 43.3 Å². The minimum Gasteiger partial charge on any atom is -0.478 e. The number of carbonyl (C=O) groups excluding carboxylic acids is 2. The number of amides is 2. The van der Waals surface area contributed by atoms with Crippen molar-refractivity contribution in [2.24, 2.45) is 0 Å². The summed E-state index contributed by atoms with van der Waals surface area (Å²) in [4.78, 5) is 34.9. The molecule has 6 nitrogen and oxygen atoms in total. The molecule has 0 heterocycles. The lowest BCUT2D eigenvalue weighted by Gasteiger charge is -2.13. The van der Waals surface area contributed by atoms with Crippen LogP contribution in [0.2, 0.25) is 0 Å². The average molecular weight is 388 g/mol. The van der Waals surface area contributed by atoms with Crippen LogP contribution in [0.3, 0.4) is 0 Å². The molecule has 0 radical (unpaired) electrons. The van der Waals surface area contributed by atoms with E-state index in [0.29, 0.717) is 5.69 Å². The van der Waals surface area contributed by atoms with Gasteiger partial charge in [0.25, 0.3) is 0 Å². The topological polar surface area (TPSA) is 95.5 Å². The summed E-state index contributed by atoms with van der Waals surface area (Å²) < 4.78 is 13.6. The van der Waals surface area contributed by atoms with Crippen LogP contribution in [-0.4, -0.2) is 28.1 Å². The molecule has 3 N–H and O–H groups in total. The Balaban J connectivity index is 1.91. The van der Waals surface area contributed by atoms with Gasteiger partial charge in [-0.3, -0.25) is 9.59 Å². The lowest BCUT2D eigenvalue weighted by molar-refractivity contribution is -0.131. The SMILES string of the molecule is CC(Sc1ccc(NC(=O)/C=C/C(=O)O)cc1)C(=O)Nc1ccccc1F. The van der Waals surface area contributed by atoms with E-state index in [9.17, 15) is 18.8 Å². The third kappa shape index (κ3) is 6.59. The molecular formula is C19H17FN2O4S. The molecule has 0 bridgehead atoms. The number of carboxylic acid groups (broad SMARTS) is 1. The Morgan fingerprint density at radius 3 is 2.33 bits per heavy atom. The third-order valence-corrected chi connectivity index (χ3v) is 4.42. The molecule has 2 aromatic rings. The summed E-state index contributed by atoms with van der Waals surface area (Å²) in [5.74, 6) is -2.60. The van der Waals surface area contributed by atoms with E-state index in [1.54, 1.807) is 43.3 Å². The van der Waals surface area contributed by atoms with Gasteiger partial charge in [0.05, 0.1) is 10.9 Å². The van der Waals surface area contributed by atoms with Crippen LogP contribution in [0, 0.1) is 5.82 Å². The van der Waals surface area contributed by atoms with E-state index in [0.717, 1.165) is 17.0 Å². The molecule has 27 heavy (non-hydrogen) atoms. The van der Waals surface area contributed by atoms with Crippen molar-refractivity contribution in [3.63, 3.8) is 0 Å². The summed E-state index contributed by atoms with van der Waals surface area (Å²) in [6.07, 6.45) is 1.66. The first kappa shape index (κ1) is 20.2. The molecule has 1 atom stereocenters. The Morgan fingerprint density at radius 1 is 1.04 bits per heavy atom. The lowest BCUT2D eigenvalue weighted by atomic mass is 10.3. The molecule has 0 aromatic heterocycles. The second kappa shape index (κ2) is 9.54. The summed E-state index contributed by atoms with van der Waals surface area (Å²) in [6.45, 7) is 1.70. The van der Waals surface area contributed by atoms with Crippen LogP contribution >= 0.6 is 11.8 Å². The number of aliphatic carboxylic acids is 1. The number of rotatable bonds is 7. The molecule has 8 heteroatoms. The fourth-order valence-corrected chi connectivity index (χ4v) is 2.87. The number of halogens is 1. The fourth-order valence-electron chi connectivity index (χ4n) is 2.00. The van der Waals surface area contributed by atoms with Gasteiger partial charge < -0.3 is 15.7 Å². The molecule has 1 unspecified atom stereocenters. The second-order valence-corrected chi connectivity index (χ2v) is 6.83. The molecule has 2 amide bonds. The monoisotopic (exact) mass is 388 g/mol. The quantitative estimate of drug-likeness (QED) is 0.498. The van der Waals surface area contributed by atoms with Crippen LogP contribution in [0.1, 0.15) is 6.92 Å². The zero-order valence-electron chi connectivity index (χ0n) is 14.3. The Bertz CT molecular complexity index is 868. The summed E-state index contributed by atoms with van der Waals surface area (Å²) in [7, 11) is 0. The molecule has 0 fully saturated rings. The first-order valence-electron chi connectivity index (χ1n) is 7.89. The van der Waals surface area contributed by atoms with Crippen molar-refractivity contribution in [3.05, 3.63) is 66.5 Å². The van der Waals surface area contributed by atoms with Gasteiger partial charge >= 0.3 is 5.97 Å². The van der Waals surface area contributed by atoms with Crippen molar-refractivity contribution in [1.82, 2.24) is 0 Å². The summed E-state index contributed by atoms with van der Waals surface area (Å²) in [5, 5.41) is 13.1. The van der Waals surface area contributed by atoms with Crippen LogP contribution in [0.15, 0.2) is 65.6 Å². The van der Waals surface area contributed by atoms with Gasteiger partial charge in [-0.1, -0.05) is 12.1 Å². The summed E-state index contributed by atoms with van der Waals surface area (Å²) >= 11 is 1.28. The predicted octanol–water partition coefficient (Wildman–Crippen LogP) is 3.52. The van der Waals surface area contributed by atoms with Gasteiger partial charge in [-0.2, -0.15) is 0 Å². The maximum absolute atomic E-state index is 13.6. The number of anilines is 2. The zero-order chi connectivity index (χ0) is 19.8. The smallest absolute Gasteiger partial charge is 0.328 e. The summed E-state index contributed by atoms with van der Waals surface area (Å²) in [5.41, 5.74) is 0.616. The first-order chi connectivity index (χ1) is 12.8. The van der Waals surface area contributed by atoms with E-state index in [4.69, 9.17) is 5.11 Å². The van der Waals surface area contributed by atoms with Crippen LogP contribution in [0.4, 0.5) is 15.8 Å². The Hall–Kier alpha value is -3.13. The first-order valence-corrected chi connectivity index (χ1v) is 8.77. The van der Waals surface area contributed by atoms with Crippen molar-refractivity contribution in [2.75, 3.05) is 10.6 Å². The van der Waals surface area contributed by atoms with Gasteiger partial charge in [0.2, 0.25) is 11.8 Å². The van der Waals surface area contributed by atoms with Crippen molar-refractivity contribution in [1.29, 1.82) is 0 Å². The number of para-hydroxylation sites is 1. The minimum absolute atomic E-state index is 0.127. The largest absolute Gasteiger partial charge is 0.478 e. The van der Waals surface area contributed by atoms with E-state index in [-0.39, 0.29) is 11.6 Å². The molecule has 0 spiro atoms. The van der Waals surface area contributed by atoms with Crippen LogP contribution in [0.25, 0.3) is 0 Å². The van der Waals surface area contributed by atoms with Gasteiger partial charge in [-0.25, -0.2) is 9.18 Å². The zero-order valence-corrected chi connectivity index (χ0v) is 15.1. The number of hydrogen-bond acceptors (Lipinski definition) is 4. The van der Waals surface area contributed by atoms with E-state index < -0.39 is 22.9 Å². The number of thioether (sulfide) groups is 1. The third-order valence-electron chi connectivity index (χ3n) is 3.31. The molecular weight excluding hydrogens is 371 g/mol. The molecule has 0 saturated carbocycles. The van der Waals surface area contributed by atoms with Crippen molar-refractivity contribution in [3.8, 4) is 0 Å². The molecule has 0 aliphatic rings. The predicted molar refractivity (Wildman–Crippen MR) is 102 cm³/mol. The van der Waals surface area contributed by atoms with Crippen LogP contribution < -0.4 is 10.6 Å². The molecule has 2 aromatic carbocycles.